The molecular weight excluding hydrogens is 274 g/mol. The van der Waals surface area contributed by atoms with Crippen molar-refractivity contribution in [3.05, 3.63) is 34.9 Å². The van der Waals surface area contributed by atoms with E-state index in [2.05, 4.69) is 5.32 Å². The molecule has 4 heteroatoms. The molecule has 110 valence electrons. The number of hydrogen-bond donors (Lipinski definition) is 1. The number of rotatable bonds is 9. The largest absolute Gasteiger partial charge is 0.381 e. The lowest BCUT2D eigenvalue weighted by Gasteiger charge is -2.06. The number of amides is 1. The smallest absolute Gasteiger partial charge is 0.220 e. The lowest BCUT2D eigenvalue weighted by atomic mass is 10.1. The molecule has 1 aliphatic rings. The fourth-order valence-corrected chi connectivity index (χ4v) is 2.06. The molecule has 1 amide bonds. The van der Waals surface area contributed by atoms with Crippen LogP contribution in [-0.4, -0.2) is 25.7 Å². The highest BCUT2D eigenvalue weighted by Gasteiger charge is 2.20. The van der Waals surface area contributed by atoms with E-state index >= 15 is 0 Å². The molecule has 0 unspecified atom stereocenters. The van der Waals surface area contributed by atoms with Crippen LogP contribution < -0.4 is 5.32 Å². The van der Waals surface area contributed by atoms with Crippen molar-refractivity contribution in [1.82, 2.24) is 5.32 Å². The van der Waals surface area contributed by atoms with E-state index in [9.17, 15) is 4.79 Å². The van der Waals surface area contributed by atoms with Gasteiger partial charge in [0.15, 0.2) is 0 Å². The Labute approximate surface area is 125 Å². The van der Waals surface area contributed by atoms with Gasteiger partial charge in [-0.1, -0.05) is 23.7 Å². The summed E-state index contributed by atoms with van der Waals surface area (Å²) >= 11 is 5.82. The second-order valence-electron chi connectivity index (χ2n) is 5.35. The molecule has 0 radical (unpaired) electrons. The van der Waals surface area contributed by atoms with Crippen molar-refractivity contribution in [3.8, 4) is 0 Å². The van der Waals surface area contributed by atoms with Crippen molar-refractivity contribution in [2.24, 2.45) is 5.92 Å². The zero-order chi connectivity index (χ0) is 14.2. The summed E-state index contributed by atoms with van der Waals surface area (Å²) in [4.78, 5) is 11.7. The number of halogens is 1. The molecule has 1 aromatic carbocycles. The second kappa shape index (κ2) is 8.28. The zero-order valence-electron chi connectivity index (χ0n) is 11.7. The van der Waals surface area contributed by atoms with Crippen LogP contribution in [0, 0.1) is 5.92 Å². The molecule has 0 bridgehead atoms. The maximum Gasteiger partial charge on any atom is 0.220 e. The van der Waals surface area contributed by atoms with Crippen molar-refractivity contribution < 1.29 is 9.53 Å². The summed E-state index contributed by atoms with van der Waals surface area (Å²) in [5.41, 5.74) is 1.14. The Bertz CT molecular complexity index is 415. The maximum atomic E-state index is 11.7. The van der Waals surface area contributed by atoms with E-state index in [1.54, 1.807) is 0 Å². The fourth-order valence-electron chi connectivity index (χ4n) is 1.93. The van der Waals surface area contributed by atoms with Crippen LogP contribution in [0.25, 0.3) is 0 Å². The van der Waals surface area contributed by atoms with Gasteiger partial charge in [-0.05, 0) is 49.3 Å². The summed E-state index contributed by atoms with van der Waals surface area (Å²) in [5, 5.41) is 3.65. The Kier molecular flexibility index (Phi) is 6.34. The number of aryl methyl sites for hydroxylation is 1. The van der Waals surface area contributed by atoms with Gasteiger partial charge in [-0.25, -0.2) is 0 Å². The first kappa shape index (κ1) is 15.3. The fraction of sp³-hybridized carbons (Fsp3) is 0.562. The minimum absolute atomic E-state index is 0.0992. The highest BCUT2D eigenvalue weighted by molar-refractivity contribution is 6.30. The third-order valence-electron chi connectivity index (χ3n) is 3.39. The molecule has 0 spiro atoms. The summed E-state index contributed by atoms with van der Waals surface area (Å²) in [5.74, 6) is 0.908. The molecule has 0 aliphatic heterocycles. The van der Waals surface area contributed by atoms with Crippen LogP contribution in [0.5, 0.6) is 0 Å². The molecule has 0 aromatic heterocycles. The Balaban J connectivity index is 1.48. The van der Waals surface area contributed by atoms with Crippen molar-refractivity contribution in [1.29, 1.82) is 0 Å². The van der Waals surface area contributed by atoms with E-state index in [1.165, 1.54) is 12.8 Å². The summed E-state index contributed by atoms with van der Waals surface area (Å²) in [7, 11) is 0. The first-order valence-electron chi connectivity index (χ1n) is 7.33. The molecule has 1 N–H and O–H groups in total. The van der Waals surface area contributed by atoms with Crippen molar-refractivity contribution in [3.63, 3.8) is 0 Å². The standard InChI is InChI=1S/C16H22ClNO2/c17-15-7-4-13(5-8-15)6-9-16(19)18-10-1-11-20-12-14-2-3-14/h4-5,7-8,14H,1-3,6,9-12H2,(H,18,19). The van der Waals surface area contributed by atoms with Gasteiger partial charge in [0, 0.05) is 31.2 Å². The van der Waals surface area contributed by atoms with Gasteiger partial charge in [-0.3, -0.25) is 4.79 Å². The predicted molar refractivity (Wildman–Crippen MR) is 80.9 cm³/mol. The lowest BCUT2D eigenvalue weighted by molar-refractivity contribution is -0.121. The Morgan fingerprint density at radius 1 is 1.30 bits per heavy atom. The number of carbonyl (C=O) groups excluding carboxylic acids is 1. The van der Waals surface area contributed by atoms with Gasteiger partial charge in [0.2, 0.25) is 5.91 Å². The number of nitrogens with one attached hydrogen (secondary N) is 1. The number of carbonyl (C=O) groups is 1. The van der Waals surface area contributed by atoms with E-state index in [1.807, 2.05) is 24.3 Å². The molecule has 1 aromatic rings. The third-order valence-corrected chi connectivity index (χ3v) is 3.64. The van der Waals surface area contributed by atoms with Gasteiger partial charge in [0.25, 0.3) is 0 Å². The topological polar surface area (TPSA) is 38.3 Å². The number of hydrogen-bond acceptors (Lipinski definition) is 2. The average molecular weight is 296 g/mol. The van der Waals surface area contributed by atoms with Crippen LogP contribution in [0.15, 0.2) is 24.3 Å². The first-order chi connectivity index (χ1) is 9.74. The molecule has 3 nitrogen and oxygen atoms in total. The second-order valence-corrected chi connectivity index (χ2v) is 5.78. The van der Waals surface area contributed by atoms with Crippen molar-refractivity contribution in [2.45, 2.75) is 32.1 Å². The maximum absolute atomic E-state index is 11.7. The van der Waals surface area contributed by atoms with Gasteiger partial charge >= 0.3 is 0 Å². The summed E-state index contributed by atoms with van der Waals surface area (Å²) in [6.07, 6.45) is 4.80. The molecule has 0 atom stereocenters. The molecule has 0 saturated heterocycles. The average Bonchev–Trinajstić information content (AvgIpc) is 3.26. The molecule has 1 saturated carbocycles. The molecule has 1 aliphatic carbocycles. The predicted octanol–water partition coefficient (Wildman–Crippen LogP) is 3.21. The van der Waals surface area contributed by atoms with E-state index in [-0.39, 0.29) is 5.91 Å². The summed E-state index contributed by atoms with van der Waals surface area (Å²) < 4.78 is 5.52. The normalized spacial score (nSPS) is 14.2. The van der Waals surface area contributed by atoms with Crippen LogP contribution >= 0.6 is 11.6 Å². The lowest BCUT2D eigenvalue weighted by Crippen LogP contribution is -2.25. The molecule has 2 rings (SSSR count). The number of ether oxygens (including phenoxy) is 1. The van der Waals surface area contributed by atoms with Gasteiger partial charge in [-0.15, -0.1) is 0 Å². The minimum atomic E-state index is 0.0992. The van der Waals surface area contributed by atoms with E-state index < -0.39 is 0 Å². The van der Waals surface area contributed by atoms with E-state index in [0.717, 1.165) is 42.6 Å². The quantitative estimate of drug-likeness (QED) is 0.711. The molecule has 1 fully saturated rings. The molecular formula is C16H22ClNO2. The Morgan fingerprint density at radius 2 is 2.05 bits per heavy atom. The summed E-state index contributed by atoms with van der Waals surface area (Å²) in [6, 6.07) is 7.63. The third kappa shape index (κ3) is 6.40. The molecule has 0 heterocycles. The van der Waals surface area contributed by atoms with Crippen molar-refractivity contribution >= 4 is 17.5 Å². The Hall–Kier alpha value is -1.06. The van der Waals surface area contributed by atoms with Gasteiger partial charge in [0.1, 0.15) is 0 Å². The van der Waals surface area contributed by atoms with Gasteiger partial charge in [0.05, 0.1) is 0 Å². The van der Waals surface area contributed by atoms with E-state index in [0.29, 0.717) is 13.0 Å². The van der Waals surface area contributed by atoms with Gasteiger partial charge < -0.3 is 10.1 Å². The van der Waals surface area contributed by atoms with Crippen molar-refractivity contribution in [2.75, 3.05) is 19.8 Å². The van der Waals surface area contributed by atoms with Crippen LogP contribution in [0.4, 0.5) is 0 Å². The minimum Gasteiger partial charge on any atom is -0.381 e. The summed E-state index contributed by atoms with van der Waals surface area (Å²) in [6.45, 7) is 2.34. The van der Waals surface area contributed by atoms with Crippen LogP contribution in [0.3, 0.4) is 0 Å². The monoisotopic (exact) mass is 295 g/mol. The SMILES string of the molecule is O=C(CCc1ccc(Cl)cc1)NCCCOCC1CC1. The van der Waals surface area contributed by atoms with Crippen LogP contribution in [-0.2, 0) is 16.0 Å². The number of benzene rings is 1. The van der Waals surface area contributed by atoms with Crippen LogP contribution in [0.2, 0.25) is 5.02 Å². The van der Waals surface area contributed by atoms with Crippen LogP contribution in [0.1, 0.15) is 31.2 Å². The van der Waals surface area contributed by atoms with Gasteiger partial charge in [-0.2, -0.15) is 0 Å². The highest BCUT2D eigenvalue weighted by atomic mass is 35.5. The van der Waals surface area contributed by atoms with E-state index in [4.69, 9.17) is 16.3 Å². The zero-order valence-corrected chi connectivity index (χ0v) is 12.5. The first-order valence-corrected chi connectivity index (χ1v) is 7.71. The highest BCUT2D eigenvalue weighted by Crippen LogP contribution is 2.28. The Morgan fingerprint density at radius 3 is 2.75 bits per heavy atom. The molecule has 20 heavy (non-hydrogen) atoms.